The van der Waals surface area contributed by atoms with E-state index < -0.39 is 20.0 Å². The molecule has 1 aliphatic rings. The van der Waals surface area contributed by atoms with Crippen molar-refractivity contribution < 1.29 is 16.8 Å². The fourth-order valence-corrected chi connectivity index (χ4v) is 4.56. The Bertz CT molecular complexity index is 697. The second-order valence-electron chi connectivity index (χ2n) is 5.35. The smallest absolute Gasteiger partial charge is 0.240 e. The van der Waals surface area contributed by atoms with E-state index in [4.69, 9.17) is 0 Å². The van der Waals surface area contributed by atoms with Crippen LogP contribution in [0.15, 0.2) is 35.2 Å². The number of rotatable bonds is 7. The molecule has 1 aliphatic heterocycles. The Labute approximate surface area is 138 Å². The first-order valence-electron chi connectivity index (χ1n) is 7.60. The largest absolute Gasteiger partial charge is 0.299 e. The van der Waals surface area contributed by atoms with Gasteiger partial charge in [-0.25, -0.2) is 21.6 Å². The van der Waals surface area contributed by atoms with E-state index >= 15 is 0 Å². The number of nitrogens with one attached hydrogen (secondary N) is 1. The van der Waals surface area contributed by atoms with Crippen molar-refractivity contribution in [3.8, 4) is 0 Å². The third kappa shape index (κ3) is 4.98. The van der Waals surface area contributed by atoms with Crippen molar-refractivity contribution in [1.82, 2.24) is 13.9 Å². The lowest BCUT2D eigenvalue weighted by Gasteiger charge is -2.33. The molecule has 0 radical (unpaired) electrons. The highest BCUT2D eigenvalue weighted by molar-refractivity contribution is 7.89. The molecule has 0 aliphatic carbocycles. The average molecular weight is 361 g/mol. The van der Waals surface area contributed by atoms with Crippen LogP contribution in [0.3, 0.4) is 0 Å². The maximum absolute atomic E-state index is 12.1. The molecule has 0 spiro atoms. The van der Waals surface area contributed by atoms with E-state index in [0.717, 1.165) is 0 Å². The van der Waals surface area contributed by atoms with E-state index in [2.05, 4.69) is 9.62 Å². The summed E-state index contributed by atoms with van der Waals surface area (Å²) < 4.78 is 51.8. The summed E-state index contributed by atoms with van der Waals surface area (Å²) in [5, 5.41) is 0. The zero-order chi connectivity index (χ0) is 16.9. The molecule has 7 nitrogen and oxygen atoms in total. The van der Waals surface area contributed by atoms with E-state index in [9.17, 15) is 16.8 Å². The van der Waals surface area contributed by atoms with Crippen molar-refractivity contribution in [3.63, 3.8) is 0 Å². The number of hydrogen-bond donors (Lipinski definition) is 1. The first-order chi connectivity index (χ1) is 10.8. The molecular formula is C14H23N3O4S2. The Hall–Kier alpha value is -1.00. The Morgan fingerprint density at radius 1 is 1.00 bits per heavy atom. The molecule has 1 saturated heterocycles. The summed E-state index contributed by atoms with van der Waals surface area (Å²) in [6, 6.07) is 8.24. The van der Waals surface area contributed by atoms with Gasteiger partial charge in [0.05, 0.1) is 10.6 Å². The van der Waals surface area contributed by atoms with Crippen LogP contribution in [-0.2, 0) is 20.0 Å². The molecule has 1 N–H and O–H groups in total. The van der Waals surface area contributed by atoms with Crippen LogP contribution in [0.5, 0.6) is 0 Å². The van der Waals surface area contributed by atoms with Crippen molar-refractivity contribution in [2.75, 3.05) is 45.0 Å². The van der Waals surface area contributed by atoms with Gasteiger partial charge in [-0.2, -0.15) is 4.31 Å². The van der Waals surface area contributed by atoms with Crippen LogP contribution in [0, 0.1) is 0 Å². The van der Waals surface area contributed by atoms with E-state index in [1.54, 1.807) is 37.3 Å². The van der Waals surface area contributed by atoms with E-state index in [0.29, 0.717) is 39.3 Å². The van der Waals surface area contributed by atoms with Gasteiger partial charge in [0.2, 0.25) is 20.0 Å². The van der Waals surface area contributed by atoms with Gasteiger partial charge in [-0.1, -0.05) is 18.2 Å². The summed E-state index contributed by atoms with van der Waals surface area (Å²) in [5.41, 5.74) is 0. The first-order valence-corrected chi connectivity index (χ1v) is 10.7. The Morgan fingerprint density at radius 2 is 1.61 bits per heavy atom. The number of hydrogen-bond acceptors (Lipinski definition) is 5. The van der Waals surface area contributed by atoms with Crippen molar-refractivity contribution in [3.05, 3.63) is 30.3 Å². The molecular weight excluding hydrogens is 338 g/mol. The number of benzene rings is 1. The summed E-state index contributed by atoms with van der Waals surface area (Å²) in [6.45, 7) is 4.66. The van der Waals surface area contributed by atoms with Gasteiger partial charge in [0, 0.05) is 39.3 Å². The Balaban J connectivity index is 1.78. The number of sulfonamides is 2. The van der Waals surface area contributed by atoms with Crippen LogP contribution in [0.4, 0.5) is 0 Å². The third-order valence-corrected chi connectivity index (χ3v) is 7.22. The van der Waals surface area contributed by atoms with Gasteiger partial charge in [-0.15, -0.1) is 0 Å². The fourth-order valence-electron chi connectivity index (χ4n) is 2.43. The monoisotopic (exact) mass is 361 g/mol. The lowest BCUT2D eigenvalue weighted by Crippen LogP contribution is -2.50. The Kier molecular flexibility index (Phi) is 6.15. The summed E-state index contributed by atoms with van der Waals surface area (Å²) in [5.74, 6) is 0.115. The van der Waals surface area contributed by atoms with Crippen LogP contribution >= 0.6 is 0 Å². The Morgan fingerprint density at radius 3 is 2.17 bits per heavy atom. The summed E-state index contributed by atoms with van der Waals surface area (Å²) in [7, 11) is -6.61. The quantitative estimate of drug-likeness (QED) is 0.735. The topological polar surface area (TPSA) is 86.8 Å². The highest BCUT2D eigenvalue weighted by Crippen LogP contribution is 2.09. The SMILES string of the molecule is CCS(=O)(=O)N1CCN(CCNS(=O)(=O)c2ccccc2)CC1. The van der Waals surface area contributed by atoms with Crippen LogP contribution in [0.1, 0.15) is 6.92 Å². The highest BCUT2D eigenvalue weighted by atomic mass is 32.2. The molecule has 23 heavy (non-hydrogen) atoms. The molecule has 0 aromatic heterocycles. The van der Waals surface area contributed by atoms with Crippen LogP contribution < -0.4 is 4.72 Å². The molecule has 1 fully saturated rings. The molecule has 0 unspecified atom stereocenters. The second kappa shape index (κ2) is 7.71. The molecule has 1 aromatic rings. The summed E-state index contributed by atoms with van der Waals surface area (Å²) in [4.78, 5) is 2.31. The molecule has 0 bridgehead atoms. The predicted octanol–water partition coefficient (Wildman–Crippen LogP) is -0.0678. The van der Waals surface area contributed by atoms with Crippen LogP contribution in [0.2, 0.25) is 0 Å². The standard InChI is InChI=1S/C14H23N3O4S2/c1-2-22(18,19)17-12-10-16(11-13-17)9-8-15-23(20,21)14-6-4-3-5-7-14/h3-7,15H,2,8-13H2,1H3. The van der Waals surface area contributed by atoms with Gasteiger partial charge in [-0.05, 0) is 19.1 Å². The van der Waals surface area contributed by atoms with Crippen LogP contribution in [-0.4, -0.2) is 71.1 Å². The summed E-state index contributed by atoms with van der Waals surface area (Å²) in [6.07, 6.45) is 0. The zero-order valence-corrected chi connectivity index (χ0v) is 14.8. The van der Waals surface area contributed by atoms with Crippen molar-refractivity contribution in [2.24, 2.45) is 0 Å². The highest BCUT2D eigenvalue weighted by Gasteiger charge is 2.25. The fraction of sp³-hybridized carbons (Fsp3) is 0.571. The summed E-state index contributed by atoms with van der Waals surface area (Å²) >= 11 is 0. The molecule has 0 atom stereocenters. The molecule has 9 heteroatoms. The van der Waals surface area contributed by atoms with Crippen molar-refractivity contribution >= 4 is 20.0 Å². The first kappa shape index (κ1) is 18.3. The molecule has 1 aromatic carbocycles. The van der Waals surface area contributed by atoms with Crippen LogP contribution in [0.25, 0.3) is 0 Å². The third-order valence-electron chi connectivity index (χ3n) is 3.86. The van der Waals surface area contributed by atoms with Gasteiger partial charge >= 0.3 is 0 Å². The predicted molar refractivity (Wildman–Crippen MR) is 89.1 cm³/mol. The van der Waals surface area contributed by atoms with Gasteiger partial charge in [0.15, 0.2) is 0 Å². The normalized spacial score (nSPS) is 18.1. The molecule has 1 heterocycles. The van der Waals surface area contributed by atoms with E-state index in [1.165, 1.54) is 4.31 Å². The lowest BCUT2D eigenvalue weighted by atomic mass is 10.3. The maximum Gasteiger partial charge on any atom is 0.240 e. The molecule has 2 rings (SSSR count). The van der Waals surface area contributed by atoms with Gasteiger partial charge in [0.25, 0.3) is 0 Å². The minimum Gasteiger partial charge on any atom is -0.299 e. The van der Waals surface area contributed by atoms with Gasteiger partial charge in [0.1, 0.15) is 0 Å². The second-order valence-corrected chi connectivity index (χ2v) is 9.38. The maximum atomic E-state index is 12.1. The molecule has 0 amide bonds. The number of piperazine rings is 1. The minimum absolute atomic E-state index is 0.115. The van der Waals surface area contributed by atoms with Crippen molar-refractivity contribution in [2.45, 2.75) is 11.8 Å². The lowest BCUT2D eigenvalue weighted by molar-refractivity contribution is 0.191. The van der Waals surface area contributed by atoms with Gasteiger partial charge < -0.3 is 0 Å². The van der Waals surface area contributed by atoms with E-state index in [-0.39, 0.29) is 10.6 Å². The molecule has 130 valence electrons. The zero-order valence-electron chi connectivity index (χ0n) is 13.2. The van der Waals surface area contributed by atoms with Crippen molar-refractivity contribution in [1.29, 1.82) is 0 Å². The molecule has 0 saturated carbocycles. The average Bonchev–Trinajstić information content (AvgIpc) is 2.56. The van der Waals surface area contributed by atoms with Gasteiger partial charge in [-0.3, -0.25) is 4.90 Å². The number of nitrogens with zero attached hydrogens (tertiary/aromatic N) is 2. The van der Waals surface area contributed by atoms with E-state index in [1.807, 2.05) is 0 Å². The minimum atomic E-state index is -3.48.